The van der Waals surface area contributed by atoms with Crippen molar-refractivity contribution in [3.05, 3.63) is 24.2 Å². The number of carbonyl (C=O) groups is 2. The first-order valence-electron chi connectivity index (χ1n) is 5.11. The number of carboxylic acids is 1. The maximum absolute atomic E-state index is 11.5. The lowest BCUT2D eigenvalue weighted by Crippen LogP contribution is -2.28. The van der Waals surface area contributed by atoms with Crippen molar-refractivity contribution in [2.45, 2.75) is 19.8 Å². The van der Waals surface area contributed by atoms with E-state index in [1.807, 2.05) is 6.92 Å². The van der Waals surface area contributed by atoms with Crippen LogP contribution in [0.1, 0.15) is 30.1 Å². The first kappa shape index (κ1) is 12.3. The molecule has 2 N–H and O–H groups in total. The zero-order chi connectivity index (χ0) is 12.0. The summed E-state index contributed by atoms with van der Waals surface area (Å²) in [6, 6.07) is 1.58. The van der Waals surface area contributed by atoms with Gasteiger partial charge in [0.15, 0.2) is 0 Å². The molecule has 0 aromatic carbocycles. The zero-order valence-corrected chi connectivity index (χ0v) is 9.10. The van der Waals surface area contributed by atoms with E-state index in [-0.39, 0.29) is 18.2 Å². The third kappa shape index (κ3) is 4.16. The van der Waals surface area contributed by atoms with Gasteiger partial charge in [0.1, 0.15) is 6.26 Å². The maximum Gasteiger partial charge on any atom is 0.303 e. The third-order valence-electron chi connectivity index (χ3n) is 2.25. The molecule has 0 saturated heterocycles. The smallest absolute Gasteiger partial charge is 0.303 e. The molecule has 1 rings (SSSR count). The van der Waals surface area contributed by atoms with Gasteiger partial charge in [0, 0.05) is 13.0 Å². The summed E-state index contributed by atoms with van der Waals surface area (Å²) in [7, 11) is 0. The predicted octanol–water partition coefficient (Wildman–Crippen LogP) is 1.51. The van der Waals surface area contributed by atoms with Crippen LogP contribution >= 0.6 is 0 Å². The minimum absolute atomic E-state index is 0.128. The molecule has 1 heterocycles. The predicted molar refractivity (Wildman–Crippen MR) is 57.1 cm³/mol. The Kier molecular flexibility index (Phi) is 4.57. The van der Waals surface area contributed by atoms with Gasteiger partial charge in [0.05, 0.1) is 11.8 Å². The van der Waals surface area contributed by atoms with Gasteiger partial charge in [-0.05, 0) is 18.4 Å². The van der Waals surface area contributed by atoms with Crippen molar-refractivity contribution in [2.75, 3.05) is 6.54 Å². The second-order valence-electron chi connectivity index (χ2n) is 3.76. The zero-order valence-electron chi connectivity index (χ0n) is 9.10. The van der Waals surface area contributed by atoms with Gasteiger partial charge in [-0.25, -0.2) is 0 Å². The fourth-order valence-electron chi connectivity index (χ4n) is 1.23. The molecule has 1 unspecified atom stereocenters. The summed E-state index contributed by atoms with van der Waals surface area (Å²) in [5.41, 5.74) is 0.477. The van der Waals surface area contributed by atoms with E-state index >= 15 is 0 Å². The number of hydrogen-bond donors (Lipinski definition) is 2. The van der Waals surface area contributed by atoms with Crippen molar-refractivity contribution in [3.63, 3.8) is 0 Å². The van der Waals surface area contributed by atoms with E-state index in [0.717, 1.165) is 0 Å². The summed E-state index contributed by atoms with van der Waals surface area (Å²) in [4.78, 5) is 21.8. The molecule has 0 aliphatic heterocycles. The monoisotopic (exact) mass is 225 g/mol. The molecule has 0 spiro atoms. The number of carboxylic acid groups (broad SMARTS) is 1. The molecule has 0 aliphatic rings. The molecule has 0 radical (unpaired) electrons. The number of rotatable bonds is 6. The van der Waals surface area contributed by atoms with Crippen molar-refractivity contribution < 1.29 is 19.1 Å². The molecule has 5 heteroatoms. The van der Waals surface area contributed by atoms with Gasteiger partial charge >= 0.3 is 5.97 Å². The minimum Gasteiger partial charge on any atom is -0.481 e. The summed E-state index contributed by atoms with van der Waals surface area (Å²) in [6.45, 7) is 2.37. The lowest BCUT2D eigenvalue weighted by molar-refractivity contribution is -0.137. The Bertz CT molecular complexity index is 345. The number of aliphatic carboxylic acids is 1. The molecular weight excluding hydrogens is 210 g/mol. The van der Waals surface area contributed by atoms with E-state index in [2.05, 4.69) is 5.32 Å². The molecule has 1 aromatic heterocycles. The highest BCUT2D eigenvalue weighted by atomic mass is 16.4. The van der Waals surface area contributed by atoms with E-state index in [0.29, 0.717) is 18.5 Å². The largest absolute Gasteiger partial charge is 0.481 e. The molecule has 0 fully saturated rings. The van der Waals surface area contributed by atoms with E-state index in [1.165, 1.54) is 12.5 Å². The van der Waals surface area contributed by atoms with E-state index in [4.69, 9.17) is 9.52 Å². The summed E-state index contributed by atoms with van der Waals surface area (Å²) in [5, 5.41) is 11.2. The molecule has 16 heavy (non-hydrogen) atoms. The Labute approximate surface area is 93.4 Å². The Morgan fingerprint density at radius 2 is 2.31 bits per heavy atom. The van der Waals surface area contributed by atoms with Gasteiger partial charge in [0.2, 0.25) is 0 Å². The Balaban J connectivity index is 2.24. The van der Waals surface area contributed by atoms with Crippen LogP contribution in [0.2, 0.25) is 0 Å². The number of amides is 1. The molecular formula is C11H15NO4. The average molecular weight is 225 g/mol. The van der Waals surface area contributed by atoms with Crippen LogP contribution in [-0.4, -0.2) is 23.5 Å². The lowest BCUT2D eigenvalue weighted by Gasteiger charge is -2.10. The SMILES string of the molecule is CC(CCC(=O)O)CNC(=O)c1ccoc1. The third-order valence-corrected chi connectivity index (χ3v) is 2.25. The van der Waals surface area contributed by atoms with E-state index in [9.17, 15) is 9.59 Å². The average Bonchev–Trinajstić information content (AvgIpc) is 2.76. The second-order valence-corrected chi connectivity index (χ2v) is 3.76. The lowest BCUT2D eigenvalue weighted by atomic mass is 10.1. The van der Waals surface area contributed by atoms with Crippen molar-refractivity contribution in [1.29, 1.82) is 0 Å². The van der Waals surface area contributed by atoms with Crippen LogP contribution in [0.5, 0.6) is 0 Å². The molecule has 0 aliphatic carbocycles. The van der Waals surface area contributed by atoms with Crippen LogP contribution in [0.15, 0.2) is 23.0 Å². The number of hydrogen-bond acceptors (Lipinski definition) is 3. The van der Waals surface area contributed by atoms with Gasteiger partial charge < -0.3 is 14.8 Å². The molecule has 0 saturated carbocycles. The fourth-order valence-corrected chi connectivity index (χ4v) is 1.23. The Morgan fingerprint density at radius 3 is 2.88 bits per heavy atom. The Morgan fingerprint density at radius 1 is 1.56 bits per heavy atom. The van der Waals surface area contributed by atoms with Crippen molar-refractivity contribution >= 4 is 11.9 Å². The molecule has 0 bridgehead atoms. The van der Waals surface area contributed by atoms with Crippen LogP contribution in [0, 0.1) is 5.92 Å². The van der Waals surface area contributed by atoms with Gasteiger partial charge in [-0.1, -0.05) is 6.92 Å². The van der Waals surface area contributed by atoms with Crippen LogP contribution in [0.4, 0.5) is 0 Å². The molecule has 1 aromatic rings. The molecule has 5 nitrogen and oxygen atoms in total. The summed E-state index contributed by atoms with van der Waals surface area (Å²) >= 11 is 0. The minimum atomic E-state index is -0.812. The summed E-state index contributed by atoms with van der Waals surface area (Å²) in [5.74, 6) is -0.865. The van der Waals surface area contributed by atoms with Crippen molar-refractivity contribution in [2.24, 2.45) is 5.92 Å². The molecule has 1 atom stereocenters. The van der Waals surface area contributed by atoms with Crippen molar-refractivity contribution in [3.8, 4) is 0 Å². The number of carbonyl (C=O) groups excluding carboxylic acids is 1. The standard InChI is InChI=1S/C11H15NO4/c1-8(2-3-10(13)14)6-12-11(15)9-4-5-16-7-9/h4-5,7-8H,2-3,6H2,1H3,(H,12,15)(H,13,14). The maximum atomic E-state index is 11.5. The summed E-state index contributed by atoms with van der Waals surface area (Å²) in [6.07, 6.45) is 3.49. The number of nitrogens with one attached hydrogen (secondary N) is 1. The van der Waals surface area contributed by atoms with Gasteiger partial charge in [-0.3, -0.25) is 9.59 Å². The van der Waals surface area contributed by atoms with Crippen LogP contribution in [-0.2, 0) is 4.79 Å². The highest BCUT2D eigenvalue weighted by Crippen LogP contribution is 2.05. The van der Waals surface area contributed by atoms with E-state index in [1.54, 1.807) is 6.07 Å². The van der Waals surface area contributed by atoms with Crippen LogP contribution in [0.3, 0.4) is 0 Å². The highest BCUT2D eigenvalue weighted by molar-refractivity contribution is 5.93. The quantitative estimate of drug-likeness (QED) is 0.769. The first-order chi connectivity index (χ1) is 7.59. The van der Waals surface area contributed by atoms with Gasteiger partial charge in [0.25, 0.3) is 5.91 Å². The Hall–Kier alpha value is -1.78. The molecule has 88 valence electrons. The van der Waals surface area contributed by atoms with Gasteiger partial charge in [-0.15, -0.1) is 0 Å². The normalized spacial score (nSPS) is 12.1. The van der Waals surface area contributed by atoms with Crippen molar-refractivity contribution in [1.82, 2.24) is 5.32 Å². The molecule has 1 amide bonds. The van der Waals surface area contributed by atoms with Gasteiger partial charge in [-0.2, -0.15) is 0 Å². The van der Waals surface area contributed by atoms with E-state index < -0.39 is 5.97 Å². The topological polar surface area (TPSA) is 79.5 Å². The fraction of sp³-hybridized carbons (Fsp3) is 0.455. The first-order valence-corrected chi connectivity index (χ1v) is 5.11. The number of furan rings is 1. The summed E-state index contributed by atoms with van der Waals surface area (Å²) < 4.78 is 4.78. The highest BCUT2D eigenvalue weighted by Gasteiger charge is 2.09. The second kappa shape index (κ2) is 5.95. The van der Waals surface area contributed by atoms with Crippen LogP contribution < -0.4 is 5.32 Å². The van der Waals surface area contributed by atoms with Crippen LogP contribution in [0.25, 0.3) is 0 Å².